The Hall–Kier alpha value is -0.0800. The van der Waals surface area contributed by atoms with Crippen LogP contribution in [0.2, 0.25) is 0 Å². The highest BCUT2D eigenvalue weighted by Gasteiger charge is 1.74. The maximum absolute atomic E-state index is 8.05. The van der Waals surface area contributed by atoms with Crippen molar-refractivity contribution in [1.29, 1.82) is 0 Å². The van der Waals surface area contributed by atoms with Crippen LogP contribution in [0, 0.1) is 6.61 Å². The predicted molar refractivity (Wildman–Crippen MR) is 23.0 cm³/mol. The number of ether oxygens (including phenoxy) is 1. The summed E-state index contributed by atoms with van der Waals surface area (Å²) in [4.78, 5) is 0. The Morgan fingerprint density at radius 2 is 2.50 bits per heavy atom. The largest absolute Gasteiger partial charge is 0.394 e. The topological polar surface area (TPSA) is 29.5 Å². The van der Waals surface area contributed by atoms with Crippen LogP contribution < -0.4 is 0 Å². The third-order valence-corrected chi connectivity index (χ3v) is 0.376. The van der Waals surface area contributed by atoms with Crippen molar-refractivity contribution in [3.8, 4) is 0 Å². The summed E-state index contributed by atoms with van der Waals surface area (Å²) in [6, 6.07) is 0. The molecule has 1 N–H and O–H groups in total. The molecule has 0 heterocycles. The molecule has 0 fully saturated rings. The zero-order valence-electron chi connectivity index (χ0n) is 3.85. The van der Waals surface area contributed by atoms with Crippen molar-refractivity contribution in [2.24, 2.45) is 0 Å². The Bertz CT molecular complexity index is 17.5. The third kappa shape index (κ3) is 3.92. The van der Waals surface area contributed by atoms with Crippen molar-refractivity contribution in [3.05, 3.63) is 6.61 Å². The summed E-state index contributed by atoms with van der Waals surface area (Å²) in [6.45, 7) is 3.84. The summed E-state index contributed by atoms with van der Waals surface area (Å²) < 4.78 is 4.61. The lowest BCUT2D eigenvalue weighted by molar-refractivity contribution is 0.140. The van der Waals surface area contributed by atoms with Crippen LogP contribution >= 0.6 is 0 Å². The summed E-state index contributed by atoms with van der Waals surface area (Å²) in [6.07, 6.45) is 0. The summed E-state index contributed by atoms with van der Waals surface area (Å²) in [7, 11) is 0. The third-order valence-electron chi connectivity index (χ3n) is 0.376. The quantitative estimate of drug-likeness (QED) is 0.500. The first-order valence-electron chi connectivity index (χ1n) is 1.92. The fraction of sp³-hybridized carbons (Fsp3) is 0.750. The Kier molecular flexibility index (Phi) is 4.85. The Labute approximate surface area is 37.7 Å². The lowest BCUT2D eigenvalue weighted by atomic mass is 10.8. The summed E-state index contributed by atoms with van der Waals surface area (Å²) >= 11 is 0. The van der Waals surface area contributed by atoms with E-state index in [1.54, 1.807) is 13.5 Å². The van der Waals surface area contributed by atoms with E-state index in [2.05, 4.69) is 4.74 Å². The molecular weight excluding hydrogens is 80.0 g/mol. The fourth-order valence-electron chi connectivity index (χ4n) is 0.171. The molecule has 0 aromatic rings. The second kappa shape index (κ2) is 4.92. The molecule has 2 nitrogen and oxygen atoms in total. The lowest BCUT2D eigenvalue weighted by Crippen LogP contribution is -1.93. The summed E-state index contributed by atoms with van der Waals surface area (Å²) in [5, 5.41) is 8.05. The predicted octanol–water partition coefficient (Wildman–Crippen LogP) is 0.177. The van der Waals surface area contributed by atoms with Crippen LogP contribution in [0.5, 0.6) is 0 Å². The van der Waals surface area contributed by atoms with Gasteiger partial charge in [-0.1, -0.05) is 0 Å². The van der Waals surface area contributed by atoms with Gasteiger partial charge in [0.25, 0.3) is 0 Å². The molecule has 2 heteroatoms. The minimum atomic E-state index is 0.102. The van der Waals surface area contributed by atoms with E-state index in [0.29, 0.717) is 6.61 Å². The van der Waals surface area contributed by atoms with E-state index in [9.17, 15) is 0 Å². The van der Waals surface area contributed by atoms with Gasteiger partial charge in [-0.2, -0.15) is 0 Å². The van der Waals surface area contributed by atoms with Gasteiger partial charge in [0.1, 0.15) is 0 Å². The van der Waals surface area contributed by atoms with Crippen molar-refractivity contribution in [3.63, 3.8) is 0 Å². The van der Waals surface area contributed by atoms with Crippen LogP contribution in [0.25, 0.3) is 0 Å². The lowest BCUT2D eigenvalue weighted by Gasteiger charge is -1.90. The van der Waals surface area contributed by atoms with Gasteiger partial charge < -0.3 is 9.84 Å². The second-order valence-corrected chi connectivity index (χ2v) is 0.830. The van der Waals surface area contributed by atoms with E-state index >= 15 is 0 Å². The zero-order valence-corrected chi connectivity index (χ0v) is 3.85. The van der Waals surface area contributed by atoms with Crippen LogP contribution in [0.3, 0.4) is 0 Å². The highest BCUT2D eigenvalue weighted by Crippen LogP contribution is 1.73. The molecular formula is C4H9O2. The maximum Gasteiger partial charge on any atom is 0.0807 e. The standard InChI is InChI=1S/C4H9O2/c1-2-6-4-3-5/h2,5H,3-4H2,1H3. The number of hydrogen-bond acceptors (Lipinski definition) is 2. The smallest absolute Gasteiger partial charge is 0.0807 e. The van der Waals surface area contributed by atoms with E-state index in [1.807, 2.05) is 0 Å². The van der Waals surface area contributed by atoms with E-state index in [1.165, 1.54) is 0 Å². The van der Waals surface area contributed by atoms with Crippen molar-refractivity contribution < 1.29 is 9.84 Å². The molecule has 0 bridgehead atoms. The van der Waals surface area contributed by atoms with Crippen molar-refractivity contribution in [2.45, 2.75) is 6.92 Å². The normalized spacial score (nSPS) is 9.00. The molecule has 0 unspecified atom stereocenters. The van der Waals surface area contributed by atoms with E-state index < -0.39 is 0 Å². The summed E-state index contributed by atoms with van der Waals surface area (Å²) in [5.74, 6) is 0. The van der Waals surface area contributed by atoms with Crippen molar-refractivity contribution in [2.75, 3.05) is 13.2 Å². The first-order valence-corrected chi connectivity index (χ1v) is 1.92. The number of aliphatic hydroxyl groups is 1. The van der Waals surface area contributed by atoms with Gasteiger partial charge >= 0.3 is 0 Å². The average molecular weight is 89.1 g/mol. The van der Waals surface area contributed by atoms with E-state index in [0.717, 1.165) is 0 Å². The summed E-state index contributed by atoms with van der Waals surface area (Å²) in [5.41, 5.74) is 0. The second-order valence-electron chi connectivity index (χ2n) is 0.830. The molecule has 0 amide bonds. The van der Waals surface area contributed by atoms with Crippen LogP contribution in [0.1, 0.15) is 6.92 Å². The SMILES string of the molecule is C[CH]OCCO. The molecule has 0 aliphatic heterocycles. The van der Waals surface area contributed by atoms with Crippen LogP contribution in [0.4, 0.5) is 0 Å². The van der Waals surface area contributed by atoms with Crippen LogP contribution in [-0.4, -0.2) is 18.3 Å². The Morgan fingerprint density at radius 3 is 2.67 bits per heavy atom. The molecule has 0 aliphatic rings. The monoisotopic (exact) mass is 89.1 g/mol. The van der Waals surface area contributed by atoms with Gasteiger partial charge in [0.05, 0.1) is 19.8 Å². The molecule has 0 aromatic carbocycles. The fourth-order valence-corrected chi connectivity index (χ4v) is 0.171. The molecule has 1 radical (unpaired) electrons. The first-order chi connectivity index (χ1) is 2.91. The first kappa shape index (κ1) is 5.92. The van der Waals surface area contributed by atoms with Gasteiger partial charge in [0.2, 0.25) is 0 Å². The molecule has 0 atom stereocenters. The number of aliphatic hydroxyl groups excluding tert-OH is 1. The molecule has 0 aromatic heterocycles. The van der Waals surface area contributed by atoms with Crippen molar-refractivity contribution >= 4 is 0 Å². The van der Waals surface area contributed by atoms with Gasteiger partial charge in [-0.15, -0.1) is 0 Å². The molecule has 0 aliphatic carbocycles. The minimum Gasteiger partial charge on any atom is -0.394 e. The van der Waals surface area contributed by atoms with Crippen molar-refractivity contribution in [1.82, 2.24) is 0 Å². The Morgan fingerprint density at radius 1 is 1.83 bits per heavy atom. The van der Waals surface area contributed by atoms with E-state index in [-0.39, 0.29) is 6.61 Å². The zero-order chi connectivity index (χ0) is 4.83. The molecule has 0 saturated carbocycles. The molecule has 37 valence electrons. The molecule has 0 spiro atoms. The highest BCUT2D eigenvalue weighted by atomic mass is 16.5. The number of rotatable bonds is 3. The highest BCUT2D eigenvalue weighted by molar-refractivity contribution is 4.31. The average Bonchev–Trinajstić information content (AvgIpc) is 1.61. The van der Waals surface area contributed by atoms with Crippen LogP contribution in [0.15, 0.2) is 0 Å². The van der Waals surface area contributed by atoms with Gasteiger partial charge in [-0.25, -0.2) is 0 Å². The van der Waals surface area contributed by atoms with Gasteiger partial charge in [-0.3, -0.25) is 0 Å². The maximum atomic E-state index is 8.05. The number of hydrogen-bond donors (Lipinski definition) is 1. The van der Waals surface area contributed by atoms with Gasteiger partial charge in [-0.05, 0) is 6.92 Å². The van der Waals surface area contributed by atoms with Gasteiger partial charge in [0, 0.05) is 0 Å². The minimum absolute atomic E-state index is 0.102. The molecule has 6 heavy (non-hydrogen) atoms. The Balaban J connectivity index is 2.34. The van der Waals surface area contributed by atoms with E-state index in [4.69, 9.17) is 5.11 Å². The molecule has 0 saturated heterocycles. The van der Waals surface area contributed by atoms with Gasteiger partial charge in [0.15, 0.2) is 0 Å². The van der Waals surface area contributed by atoms with Crippen LogP contribution in [-0.2, 0) is 4.74 Å². The molecule has 0 rings (SSSR count).